The molecule has 1 heterocycles. The van der Waals surface area contributed by atoms with E-state index in [-0.39, 0.29) is 0 Å². The van der Waals surface area contributed by atoms with Gasteiger partial charge in [0.2, 0.25) is 0 Å². The van der Waals surface area contributed by atoms with E-state index >= 15 is 0 Å². The Morgan fingerprint density at radius 2 is 1.81 bits per heavy atom. The second-order valence-electron chi connectivity index (χ2n) is 5.67. The van der Waals surface area contributed by atoms with E-state index in [0.29, 0.717) is 24.0 Å². The van der Waals surface area contributed by atoms with Crippen LogP contribution in [0.25, 0.3) is 0 Å². The van der Waals surface area contributed by atoms with E-state index in [4.69, 9.17) is 9.47 Å². The Balaban J connectivity index is 2.73. The molecule has 1 rings (SSSR count). The van der Waals surface area contributed by atoms with Crippen molar-refractivity contribution < 1.29 is 9.47 Å². The molecule has 1 aliphatic heterocycles. The molecule has 0 spiro atoms. The zero-order chi connectivity index (χ0) is 12.3. The van der Waals surface area contributed by atoms with Crippen molar-refractivity contribution in [2.75, 3.05) is 0 Å². The molecule has 0 aromatic carbocycles. The second kappa shape index (κ2) is 5.50. The van der Waals surface area contributed by atoms with Crippen molar-refractivity contribution in [2.24, 2.45) is 11.8 Å². The van der Waals surface area contributed by atoms with Gasteiger partial charge in [-0.05, 0) is 32.6 Å². The molecule has 0 amide bonds. The first-order valence-corrected chi connectivity index (χ1v) is 6.77. The third-order valence-electron chi connectivity index (χ3n) is 3.67. The van der Waals surface area contributed by atoms with E-state index < -0.39 is 5.79 Å². The van der Waals surface area contributed by atoms with Crippen molar-refractivity contribution in [1.29, 1.82) is 0 Å². The topological polar surface area (TPSA) is 18.5 Å². The molecule has 2 heteroatoms. The predicted octanol–water partition coefficient (Wildman–Crippen LogP) is 3.99. The van der Waals surface area contributed by atoms with Gasteiger partial charge in [-0.2, -0.15) is 0 Å². The Labute approximate surface area is 101 Å². The van der Waals surface area contributed by atoms with Crippen molar-refractivity contribution in [3.8, 4) is 0 Å². The highest BCUT2D eigenvalue weighted by Gasteiger charge is 2.41. The van der Waals surface area contributed by atoms with E-state index in [0.717, 1.165) is 6.42 Å². The molecule has 4 atom stereocenters. The van der Waals surface area contributed by atoms with Crippen molar-refractivity contribution in [1.82, 2.24) is 0 Å². The van der Waals surface area contributed by atoms with E-state index in [1.807, 2.05) is 13.8 Å². The first-order valence-electron chi connectivity index (χ1n) is 6.77. The molecular formula is C14H28O2. The maximum absolute atomic E-state index is 6.11. The summed E-state index contributed by atoms with van der Waals surface area (Å²) < 4.78 is 12.1. The third-order valence-corrected chi connectivity index (χ3v) is 3.67. The van der Waals surface area contributed by atoms with E-state index in [9.17, 15) is 0 Å². The summed E-state index contributed by atoms with van der Waals surface area (Å²) in [6, 6.07) is 0. The van der Waals surface area contributed by atoms with Crippen LogP contribution in [0.4, 0.5) is 0 Å². The van der Waals surface area contributed by atoms with Crippen LogP contribution < -0.4 is 0 Å². The number of hydrogen-bond acceptors (Lipinski definition) is 2. The van der Waals surface area contributed by atoms with Gasteiger partial charge in [0.1, 0.15) is 0 Å². The van der Waals surface area contributed by atoms with Gasteiger partial charge in [0.15, 0.2) is 5.79 Å². The standard InChI is InChI=1S/C14H28O2/c1-7-9-10(3)13-11(4)12(8-2)15-14(5,6)16-13/h10-13H,7-9H2,1-6H3/t10-,11+,12-,13-/m0/s1. The normalized spacial score (nSPS) is 36.0. The van der Waals surface area contributed by atoms with Gasteiger partial charge in [-0.3, -0.25) is 0 Å². The largest absolute Gasteiger partial charge is 0.347 e. The van der Waals surface area contributed by atoms with Gasteiger partial charge in [-0.25, -0.2) is 0 Å². The fraction of sp³-hybridized carbons (Fsp3) is 1.00. The minimum absolute atomic E-state index is 0.341. The molecule has 0 radical (unpaired) electrons. The fourth-order valence-corrected chi connectivity index (χ4v) is 2.86. The SMILES string of the molecule is CCC[C@H](C)[C@@H]1OC(C)(C)O[C@@H](CC)[C@H]1C. The highest BCUT2D eigenvalue weighted by Crippen LogP contribution is 2.36. The van der Waals surface area contributed by atoms with Gasteiger partial charge >= 0.3 is 0 Å². The fourth-order valence-electron chi connectivity index (χ4n) is 2.86. The van der Waals surface area contributed by atoms with Crippen molar-refractivity contribution >= 4 is 0 Å². The van der Waals surface area contributed by atoms with Crippen LogP contribution in [-0.2, 0) is 9.47 Å². The Morgan fingerprint density at radius 3 is 2.31 bits per heavy atom. The summed E-state index contributed by atoms with van der Waals surface area (Å²) >= 11 is 0. The summed E-state index contributed by atoms with van der Waals surface area (Å²) in [5.41, 5.74) is 0. The van der Waals surface area contributed by atoms with Gasteiger partial charge in [0.05, 0.1) is 12.2 Å². The van der Waals surface area contributed by atoms with Crippen LogP contribution in [0.3, 0.4) is 0 Å². The molecule has 1 fully saturated rings. The molecule has 0 N–H and O–H groups in total. The van der Waals surface area contributed by atoms with Crippen LogP contribution in [-0.4, -0.2) is 18.0 Å². The van der Waals surface area contributed by atoms with Gasteiger partial charge in [-0.1, -0.05) is 34.1 Å². The monoisotopic (exact) mass is 228 g/mol. The van der Waals surface area contributed by atoms with Crippen molar-refractivity contribution in [3.63, 3.8) is 0 Å². The Morgan fingerprint density at radius 1 is 1.19 bits per heavy atom. The molecule has 0 aliphatic carbocycles. The van der Waals surface area contributed by atoms with Gasteiger partial charge in [0.25, 0.3) is 0 Å². The molecule has 0 bridgehead atoms. The Hall–Kier alpha value is -0.0800. The van der Waals surface area contributed by atoms with E-state index in [2.05, 4.69) is 27.7 Å². The molecule has 0 saturated carbocycles. The van der Waals surface area contributed by atoms with Crippen LogP contribution in [0.5, 0.6) is 0 Å². The van der Waals surface area contributed by atoms with Gasteiger partial charge in [-0.15, -0.1) is 0 Å². The summed E-state index contributed by atoms with van der Waals surface area (Å²) in [6.45, 7) is 13.1. The molecule has 16 heavy (non-hydrogen) atoms. The predicted molar refractivity (Wildman–Crippen MR) is 67.4 cm³/mol. The molecule has 0 aromatic rings. The first kappa shape index (κ1) is 14.0. The zero-order valence-corrected chi connectivity index (χ0v) is 11.7. The Kier molecular flexibility index (Phi) is 4.81. The summed E-state index contributed by atoms with van der Waals surface area (Å²) in [6.07, 6.45) is 4.22. The molecule has 96 valence electrons. The van der Waals surface area contributed by atoms with Crippen LogP contribution >= 0.6 is 0 Å². The first-order chi connectivity index (χ1) is 7.41. The van der Waals surface area contributed by atoms with Crippen LogP contribution in [0.15, 0.2) is 0 Å². The lowest BCUT2D eigenvalue weighted by Crippen LogP contribution is -2.51. The highest BCUT2D eigenvalue weighted by atomic mass is 16.7. The van der Waals surface area contributed by atoms with Crippen molar-refractivity contribution in [3.05, 3.63) is 0 Å². The second-order valence-corrected chi connectivity index (χ2v) is 5.67. The van der Waals surface area contributed by atoms with E-state index in [1.54, 1.807) is 0 Å². The quantitative estimate of drug-likeness (QED) is 0.724. The lowest BCUT2D eigenvalue weighted by Gasteiger charge is -2.47. The molecule has 1 aliphatic rings. The lowest BCUT2D eigenvalue weighted by molar-refractivity contribution is -0.327. The number of hydrogen-bond donors (Lipinski definition) is 0. The third kappa shape index (κ3) is 3.21. The number of ether oxygens (including phenoxy) is 2. The maximum atomic E-state index is 6.11. The number of rotatable bonds is 4. The van der Waals surface area contributed by atoms with E-state index in [1.165, 1.54) is 12.8 Å². The summed E-state index contributed by atoms with van der Waals surface area (Å²) in [5.74, 6) is 0.705. The summed E-state index contributed by atoms with van der Waals surface area (Å²) in [5, 5.41) is 0. The van der Waals surface area contributed by atoms with Gasteiger partial charge < -0.3 is 9.47 Å². The molecule has 2 nitrogen and oxygen atoms in total. The average molecular weight is 228 g/mol. The zero-order valence-electron chi connectivity index (χ0n) is 11.7. The van der Waals surface area contributed by atoms with Gasteiger partial charge in [0, 0.05) is 5.92 Å². The van der Waals surface area contributed by atoms with Crippen LogP contribution in [0.2, 0.25) is 0 Å². The average Bonchev–Trinajstić information content (AvgIpc) is 2.21. The molecule has 1 saturated heterocycles. The minimum atomic E-state index is -0.417. The maximum Gasteiger partial charge on any atom is 0.163 e. The van der Waals surface area contributed by atoms with Crippen molar-refractivity contribution in [2.45, 2.75) is 78.8 Å². The highest BCUT2D eigenvalue weighted by molar-refractivity contribution is 4.84. The summed E-state index contributed by atoms with van der Waals surface area (Å²) in [7, 11) is 0. The Bertz CT molecular complexity index is 213. The van der Waals surface area contributed by atoms with Crippen LogP contribution in [0.1, 0.15) is 60.8 Å². The lowest BCUT2D eigenvalue weighted by atomic mass is 9.84. The van der Waals surface area contributed by atoms with Crippen LogP contribution in [0, 0.1) is 11.8 Å². The molecular weight excluding hydrogens is 200 g/mol. The molecule has 0 unspecified atom stereocenters. The molecule has 0 aromatic heterocycles. The minimum Gasteiger partial charge on any atom is -0.347 e. The smallest absolute Gasteiger partial charge is 0.163 e. The summed E-state index contributed by atoms with van der Waals surface area (Å²) in [4.78, 5) is 0.